The van der Waals surface area contributed by atoms with Gasteiger partial charge in [-0.25, -0.2) is 9.78 Å². The van der Waals surface area contributed by atoms with Crippen molar-refractivity contribution >= 4 is 22.6 Å². The number of rotatable bonds is 4. The molecule has 3 rings (SSSR count). The molecule has 2 N–H and O–H groups in total. The summed E-state index contributed by atoms with van der Waals surface area (Å²) in [4.78, 5) is 15.4. The average Bonchev–Trinajstić information content (AvgIpc) is 2.90. The second-order valence-corrected chi connectivity index (χ2v) is 4.43. The highest BCUT2D eigenvalue weighted by molar-refractivity contribution is 6.02. The van der Waals surface area contributed by atoms with Crippen molar-refractivity contribution in [3.63, 3.8) is 0 Å². The van der Waals surface area contributed by atoms with Crippen molar-refractivity contribution in [1.82, 2.24) is 25.0 Å². The van der Waals surface area contributed by atoms with E-state index >= 15 is 0 Å². The van der Waals surface area contributed by atoms with Gasteiger partial charge in [-0.05, 0) is 6.07 Å². The first-order chi connectivity index (χ1) is 10.1. The Balaban J connectivity index is 2.01. The molecule has 8 nitrogen and oxygen atoms in total. The van der Waals surface area contributed by atoms with Crippen molar-refractivity contribution in [2.24, 2.45) is 7.05 Å². The van der Waals surface area contributed by atoms with Gasteiger partial charge < -0.3 is 10.4 Å². The molecule has 0 fully saturated rings. The van der Waals surface area contributed by atoms with Crippen molar-refractivity contribution < 1.29 is 9.90 Å². The van der Waals surface area contributed by atoms with Crippen LogP contribution in [-0.2, 0) is 13.6 Å². The molecule has 106 valence electrons. The molecule has 0 aliphatic rings. The number of carboxylic acids is 1. The molecule has 1 aromatic carbocycles. The van der Waals surface area contributed by atoms with Gasteiger partial charge in [0, 0.05) is 12.4 Å². The molecule has 0 bridgehead atoms. The number of nitrogens with zero attached hydrogens (tertiary/aromatic N) is 5. The van der Waals surface area contributed by atoms with Crippen LogP contribution in [0.1, 0.15) is 16.3 Å². The number of hydrogen-bond donors (Lipinski definition) is 2. The molecule has 3 aromatic rings. The van der Waals surface area contributed by atoms with Crippen molar-refractivity contribution in [3.05, 3.63) is 42.1 Å². The van der Waals surface area contributed by atoms with E-state index in [4.69, 9.17) is 0 Å². The van der Waals surface area contributed by atoms with Crippen molar-refractivity contribution in [2.75, 3.05) is 5.32 Å². The second-order valence-electron chi connectivity index (χ2n) is 4.43. The smallest absolute Gasteiger partial charge is 0.358 e. The molecule has 8 heteroatoms. The van der Waals surface area contributed by atoms with Crippen molar-refractivity contribution in [3.8, 4) is 0 Å². The number of carbonyl (C=O) groups is 1. The molecule has 0 atom stereocenters. The van der Waals surface area contributed by atoms with Crippen molar-refractivity contribution in [2.45, 2.75) is 6.54 Å². The van der Waals surface area contributed by atoms with E-state index in [1.807, 2.05) is 12.1 Å². The molecule has 0 radical (unpaired) electrons. The maximum atomic E-state index is 11.3. The van der Waals surface area contributed by atoms with E-state index in [0.717, 1.165) is 0 Å². The summed E-state index contributed by atoms with van der Waals surface area (Å²) in [6.45, 7) is 0.302. The number of aryl methyl sites for hydroxylation is 1. The fraction of sp³-hybridized carbons (Fsp3) is 0.154. The van der Waals surface area contributed by atoms with Crippen LogP contribution in [0.4, 0.5) is 5.69 Å². The van der Waals surface area contributed by atoms with Gasteiger partial charge in [0.2, 0.25) is 0 Å². The Kier molecular flexibility index (Phi) is 3.19. The lowest BCUT2D eigenvalue weighted by Gasteiger charge is -2.09. The first kappa shape index (κ1) is 13.0. The van der Waals surface area contributed by atoms with Crippen LogP contribution in [0.3, 0.4) is 0 Å². The van der Waals surface area contributed by atoms with E-state index in [9.17, 15) is 9.90 Å². The lowest BCUT2D eigenvalue weighted by Crippen LogP contribution is -2.11. The molecule has 2 heterocycles. The van der Waals surface area contributed by atoms with Gasteiger partial charge in [-0.3, -0.25) is 4.68 Å². The Hall–Kier alpha value is -3.03. The van der Waals surface area contributed by atoms with Crippen molar-refractivity contribution in [1.29, 1.82) is 0 Å². The number of benzene rings is 1. The van der Waals surface area contributed by atoms with E-state index in [2.05, 4.69) is 25.6 Å². The van der Waals surface area contributed by atoms with Crippen LogP contribution in [0.15, 0.2) is 30.6 Å². The number of fused-ring (bicyclic) bond motifs is 1. The lowest BCUT2D eigenvalue weighted by molar-refractivity contribution is 0.0690. The Bertz CT molecular complexity index is 813. The summed E-state index contributed by atoms with van der Waals surface area (Å²) in [7, 11) is 1.77. The highest BCUT2D eigenvalue weighted by Gasteiger charge is 2.16. The molecule has 2 aromatic heterocycles. The van der Waals surface area contributed by atoms with Gasteiger partial charge in [-0.2, -0.15) is 5.10 Å². The molecule has 0 spiro atoms. The average molecular weight is 284 g/mol. The molecular weight excluding hydrogens is 272 g/mol. The number of anilines is 1. The third kappa shape index (κ3) is 2.50. The zero-order valence-electron chi connectivity index (χ0n) is 11.2. The fourth-order valence-corrected chi connectivity index (χ4v) is 2.01. The minimum absolute atomic E-state index is 0.121. The van der Waals surface area contributed by atoms with Gasteiger partial charge in [0.1, 0.15) is 6.33 Å². The molecule has 0 saturated heterocycles. The number of aromatic nitrogens is 5. The Labute approximate surface area is 119 Å². The predicted molar refractivity (Wildman–Crippen MR) is 74.8 cm³/mol. The maximum Gasteiger partial charge on any atom is 0.358 e. The third-order valence-corrected chi connectivity index (χ3v) is 2.94. The van der Waals surface area contributed by atoms with Gasteiger partial charge in [0.25, 0.3) is 0 Å². The molecule has 0 aliphatic heterocycles. The van der Waals surface area contributed by atoms with E-state index < -0.39 is 5.97 Å². The largest absolute Gasteiger partial charge is 0.476 e. The fourth-order valence-electron chi connectivity index (χ4n) is 2.01. The standard InChI is InChI=1S/C13H12N6O2/c1-19-7-15-10(18-19)6-14-11-8-4-2-3-5-9(8)16-17-12(11)13(20)21/h2-5,7H,6H2,1H3,(H,14,16)(H,20,21). The van der Waals surface area contributed by atoms with Crippen LogP contribution in [0, 0.1) is 0 Å². The summed E-state index contributed by atoms with van der Waals surface area (Å²) < 4.78 is 1.58. The van der Waals surface area contributed by atoms with E-state index in [1.165, 1.54) is 0 Å². The normalized spacial score (nSPS) is 10.7. The minimum atomic E-state index is -1.13. The Morgan fingerprint density at radius 2 is 2.14 bits per heavy atom. The van der Waals surface area contributed by atoms with Gasteiger partial charge >= 0.3 is 5.97 Å². The van der Waals surface area contributed by atoms with Crippen LogP contribution < -0.4 is 5.32 Å². The summed E-state index contributed by atoms with van der Waals surface area (Å²) in [5.41, 5.74) is 0.921. The predicted octanol–water partition coefficient (Wildman–Crippen LogP) is 1.07. The zero-order valence-corrected chi connectivity index (χ0v) is 11.2. The van der Waals surface area contributed by atoms with Crippen LogP contribution in [0.5, 0.6) is 0 Å². The first-order valence-electron chi connectivity index (χ1n) is 6.22. The summed E-state index contributed by atoms with van der Waals surface area (Å²) >= 11 is 0. The number of aromatic carboxylic acids is 1. The van der Waals surface area contributed by atoms with Crippen LogP contribution >= 0.6 is 0 Å². The summed E-state index contributed by atoms with van der Waals surface area (Å²) in [5.74, 6) is -0.570. The Morgan fingerprint density at radius 3 is 2.86 bits per heavy atom. The summed E-state index contributed by atoms with van der Waals surface area (Å²) in [5, 5.41) is 24.8. The van der Waals surface area contributed by atoms with Gasteiger partial charge in [-0.1, -0.05) is 18.2 Å². The van der Waals surface area contributed by atoms with Gasteiger partial charge in [0.15, 0.2) is 11.5 Å². The van der Waals surface area contributed by atoms with E-state index in [-0.39, 0.29) is 5.69 Å². The Morgan fingerprint density at radius 1 is 1.33 bits per heavy atom. The SMILES string of the molecule is Cn1cnc(CNc2c(C(=O)O)nnc3ccccc23)n1. The summed E-state index contributed by atoms with van der Waals surface area (Å²) in [6.07, 6.45) is 1.58. The molecular formula is C13H12N6O2. The molecule has 0 aliphatic carbocycles. The second kappa shape index (κ2) is 5.16. The summed E-state index contributed by atoms with van der Waals surface area (Å²) in [6, 6.07) is 7.21. The van der Waals surface area contributed by atoms with Crippen LogP contribution in [0.2, 0.25) is 0 Å². The van der Waals surface area contributed by atoms with E-state index in [1.54, 1.807) is 30.2 Å². The zero-order chi connectivity index (χ0) is 14.8. The molecule has 0 unspecified atom stereocenters. The molecule has 0 saturated carbocycles. The third-order valence-electron chi connectivity index (χ3n) is 2.94. The van der Waals surface area contributed by atoms with Gasteiger partial charge in [0.05, 0.1) is 17.7 Å². The quantitative estimate of drug-likeness (QED) is 0.738. The van der Waals surface area contributed by atoms with E-state index in [0.29, 0.717) is 29.0 Å². The molecule has 0 amide bonds. The monoisotopic (exact) mass is 284 g/mol. The minimum Gasteiger partial charge on any atom is -0.476 e. The highest BCUT2D eigenvalue weighted by atomic mass is 16.4. The first-order valence-corrected chi connectivity index (χ1v) is 6.22. The highest BCUT2D eigenvalue weighted by Crippen LogP contribution is 2.24. The van der Waals surface area contributed by atoms with Gasteiger partial charge in [-0.15, -0.1) is 10.2 Å². The number of carboxylic acid groups (broad SMARTS) is 1. The van der Waals surface area contributed by atoms with Crippen LogP contribution in [0.25, 0.3) is 10.9 Å². The van der Waals surface area contributed by atoms with Crippen LogP contribution in [-0.4, -0.2) is 36.0 Å². The number of hydrogen-bond acceptors (Lipinski definition) is 6. The molecule has 21 heavy (non-hydrogen) atoms. The topological polar surface area (TPSA) is 106 Å². The number of nitrogens with one attached hydrogen (secondary N) is 1. The lowest BCUT2D eigenvalue weighted by atomic mass is 10.1. The maximum absolute atomic E-state index is 11.3.